The van der Waals surface area contributed by atoms with Crippen LogP contribution < -0.4 is 0 Å². The second-order valence-corrected chi connectivity index (χ2v) is 16.2. The van der Waals surface area contributed by atoms with Gasteiger partial charge >= 0.3 is 0 Å². The maximum absolute atomic E-state index is 2.60. The van der Waals surface area contributed by atoms with Gasteiger partial charge in [0.15, 0.2) is 0 Å². The van der Waals surface area contributed by atoms with Gasteiger partial charge in [0.1, 0.15) is 0 Å². The molecule has 0 saturated heterocycles. The lowest BCUT2D eigenvalue weighted by Gasteiger charge is -2.42. The predicted octanol–water partition coefficient (Wildman–Crippen LogP) is 10.5. The van der Waals surface area contributed by atoms with E-state index in [9.17, 15) is 0 Å². The number of hydrogen-bond acceptors (Lipinski definition) is 0. The number of benzene rings is 2. The Hall–Kier alpha value is -1.56. The van der Waals surface area contributed by atoms with Crippen molar-refractivity contribution in [2.24, 2.45) is 0 Å². The highest BCUT2D eigenvalue weighted by Gasteiger charge is 2.38. The highest BCUT2D eigenvalue weighted by molar-refractivity contribution is 5.57. The van der Waals surface area contributed by atoms with Crippen LogP contribution in [-0.2, 0) is 33.5 Å². The first-order valence-corrected chi connectivity index (χ1v) is 13.8. The lowest BCUT2D eigenvalue weighted by atomic mass is 9.62. The molecule has 2 aromatic carbocycles. The summed E-state index contributed by atoms with van der Waals surface area (Å²) in [5.74, 6) is 0.445. The monoisotopic (exact) mass is 476 g/mol. The fourth-order valence-corrected chi connectivity index (χ4v) is 5.63. The maximum atomic E-state index is 2.60. The molecule has 1 unspecified atom stereocenters. The molecule has 0 radical (unpaired) electrons. The summed E-state index contributed by atoms with van der Waals surface area (Å²) in [7, 11) is 0. The standard InChI is InChI=1S/C35H56/c1-23(21-24-17-19-25(20-18-24)31(2,3)4)26-22-27(32(5,6)7)29(34(11,12)13)30(35(14,15)16)28(26)33(8,9)10/h17-20,22-23H,21H2,1-16H3. The van der Waals surface area contributed by atoms with Crippen LogP contribution in [0.2, 0.25) is 0 Å². The second-order valence-electron chi connectivity index (χ2n) is 16.2. The zero-order valence-corrected chi connectivity index (χ0v) is 26.2. The fourth-order valence-electron chi connectivity index (χ4n) is 5.63. The molecule has 35 heavy (non-hydrogen) atoms. The van der Waals surface area contributed by atoms with Gasteiger partial charge in [0.05, 0.1) is 0 Å². The highest BCUT2D eigenvalue weighted by atomic mass is 14.4. The summed E-state index contributed by atoms with van der Waals surface area (Å²) >= 11 is 0. The van der Waals surface area contributed by atoms with Crippen LogP contribution in [0.15, 0.2) is 30.3 Å². The van der Waals surface area contributed by atoms with Crippen LogP contribution in [0.1, 0.15) is 156 Å². The molecular formula is C35H56. The van der Waals surface area contributed by atoms with E-state index in [2.05, 4.69) is 141 Å². The minimum Gasteiger partial charge on any atom is -0.0587 e. The third-order valence-electron chi connectivity index (χ3n) is 7.31. The molecule has 0 saturated carbocycles. The van der Waals surface area contributed by atoms with E-state index in [1.54, 1.807) is 22.3 Å². The van der Waals surface area contributed by atoms with E-state index in [4.69, 9.17) is 0 Å². The van der Waals surface area contributed by atoms with Crippen LogP contribution in [0.3, 0.4) is 0 Å². The first-order valence-electron chi connectivity index (χ1n) is 13.8. The van der Waals surface area contributed by atoms with Gasteiger partial charge in [0, 0.05) is 0 Å². The van der Waals surface area contributed by atoms with Crippen LogP contribution in [0.4, 0.5) is 0 Å². The third kappa shape index (κ3) is 6.81. The minimum atomic E-state index is 0.0648. The van der Waals surface area contributed by atoms with Gasteiger partial charge < -0.3 is 0 Å². The molecule has 2 rings (SSSR count). The van der Waals surface area contributed by atoms with E-state index in [-0.39, 0.29) is 27.1 Å². The van der Waals surface area contributed by atoms with E-state index >= 15 is 0 Å². The van der Waals surface area contributed by atoms with Gasteiger partial charge in [-0.15, -0.1) is 0 Å². The molecule has 0 spiro atoms. The average molecular weight is 477 g/mol. The Kier molecular flexibility index (Phi) is 7.96. The average Bonchev–Trinajstić information content (AvgIpc) is 2.63. The normalized spacial score (nSPS) is 14.9. The molecule has 0 aliphatic carbocycles. The molecule has 0 aliphatic rings. The van der Waals surface area contributed by atoms with Gasteiger partial charge in [-0.25, -0.2) is 0 Å². The SMILES string of the molecule is CC(Cc1ccc(C(C)(C)C)cc1)c1cc(C(C)(C)C)c(C(C)(C)C)c(C(C)(C)C)c1C(C)(C)C. The molecule has 0 aromatic heterocycles. The first kappa shape index (κ1) is 29.7. The van der Waals surface area contributed by atoms with Crippen molar-refractivity contribution in [3.05, 3.63) is 69.3 Å². The molecule has 0 nitrogen and oxygen atoms in total. The van der Waals surface area contributed by atoms with Crippen molar-refractivity contribution < 1.29 is 0 Å². The Balaban J connectivity index is 2.86. The van der Waals surface area contributed by atoms with E-state index < -0.39 is 0 Å². The topological polar surface area (TPSA) is 0 Å². The molecule has 0 heterocycles. The van der Waals surface area contributed by atoms with Gasteiger partial charge in [-0.05, 0) is 78.4 Å². The molecule has 196 valence electrons. The molecule has 2 aromatic rings. The van der Waals surface area contributed by atoms with Crippen molar-refractivity contribution in [3.63, 3.8) is 0 Å². The van der Waals surface area contributed by atoms with Gasteiger partial charge in [-0.1, -0.05) is 141 Å². The molecule has 0 bridgehead atoms. The Bertz CT molecular complexity index is 1010. The van der Waals surface area contributed by atoms with Crippen molar-refractivity contribution in [1.82, 2.24) is 0 Å². The molecule has 1 atom stereocenters. The Labute approximate surface area is 219 Å². The molecule has 0 fully saturated rings. The van der Waals surface area contributed by atoms with Crippen molar-refractivity contribution in [1.29, 1.82) is 0 Å². The van der Waals surface area contributed by atoms with Crippen LogP contribution in [0, 0.1) is 0 Å². The number of rotatable bonds is 3. The zero-order chi connectivity index (χ0) is 27.4. The van der Waals surface area contributed by atoms with Crippen LogP contribution >= 0.6 is 0 Å². The largest absolute Gasteiger partial charge is 0.0587 e. The maximum Gasteiger partial charge on any atom is -0.0126 e. The lowest BCUT2D eigenvalue weighted by molar-refractivity contribution is 0.470. The second kappa shape index (κ2) is 9.39. The molecule has 0 amide bonds. The Morgan fingerprint density at radius 1 is 0.514 bits per heavy atom. The minimum absolute atomic E-state index is 0.0648. The molecule has 0 heteroatoms. The summed E-state index contributed by atoms with van der Waals surface area (Å²) in [6, 6.07) is 12.0. The predicted molar refractivity (Wildman–Crippen MR) is 159 cm³/mol. The van der Waals surface area contributed by atoms with Crippen molar-refractivity contribution in [2.75, 3.05) is 0 Å². The van der Waals surface area contributed by atoms with Gasteiger partial charge in [-0.3, -0.25) is 0 Å². The smallest absolute Gasteiger partial charge is 0.0126 e. The van der Waals surface area contributed by atoms with Crippen LogP contribution in [-0.4, -0.2) is 0 Å². The summed E-state index contributed by atoms with van der Waals surface area (Å²) in [6.45, 7) is 38.2. The van der Waals surface area contributed by atoms with Gasteiger partial charge in [-0.2, -0.15) is 0 Å². The van der Waals surface area contributed by atoms with Crippen LogP contribution in [0.5, 0.6) is 0 Å². The highest BCUT2D eigenvalue weighted by Crippen LogP contribution is 2.48. The van der Waals surface area contributed by atoms with Crippen molar-refractivity contribution in [3.8, 4) is 0 Å². The van der Waals surface area contributed by atoms with Crippen molar-refractivity contribution in [2.45, 2.75) is 150 Å². The molecular weight excluding hydrogens is 420 g/mol. The molecule has 0 N–H and O–H groups in total. The summed E-state index contributed by atoms with van der Waals surface area (Å²) in [5, 5.41) is 0. The van der Waals surface area contributed by atoms with Crippen LogP contribution in [0.25, 0.3) is 0 Å². The summed E-state index contributed by atoms with van der Waals surface area (Å²) in [6.07, 6.45) is 1.07. The van der Waals surface area contributed by atoms with E-state index in [1.807, 2.05) is 0 Å². The lowest BCUT2D eigenvalue weighted by Crippen LogP contribution is -2.33. The quantitative estimate of drug-likeness (QED) is 0.413. The zero-order valence-electron chi connectivity index (χ0n) is 26.2. The van der Waals surface area contributed by atoms with Crippen molar-refractivity contribution >= 4 is 0 Å². The molecule has 0 aliphatic heterocycles. The first-order chi connectivity index (χ1) is 15.5. The summed E-state index contributed by atoms with van der Waals surface area (Å²) < 4.78 is 0. The van der Waals surface area contributed by atoms with Gasteiger partial charge in [0.25, 0.3) is 0 Å². The summed E-state index contributed by atoms with van der Waals surface area (Å²) in [5.41, 5.74) is 11.1. The van der Waals surface area contributed by atoms with Gasteiger partial charge in [0.2, 0.25) is 0 Å². The van der Waals surface area contributed by atoms with E-state index in [0.29, 0.717) is 5.92 Å². The Morgan fingerprint density at radius 2 is 0.943 bits per heavy atom. The van der Waals surface area contributed by atoms with E-state index in [0.717, 1.165) is 6.42 Å². The summed E-state index contributed by atoms with van der Waals surface area (Å²) in [4.78, 5) is 0. The third-order valence-corrected chi connectivity index (χ3v) is 7.31. The van der Waals surface area contributed by atoms with E-state index in [1.165, 1.54) is 16.7 Å². The number of hydrogen-bond donors (Lipinski definition) is 0. The fraction of sp³-hybridized carbons (Fsp3) is 0.657. The Morgan fingerprint density at radius 3 is 1.29 bits per heavy atom.